The summed E-state index contributed by atoms with van der Waals surface area (Å²) < 4.78 is 42.7. The van der Waals surface area contributed by atoms with Crippen molar-refractivity contribution in [2.24, 2.45) is 0 Å². The molecule has 0 aliphatic carbocycles. The van der Waals surface area contributed by atoms with Gasteiger partial charge in [0.25, 0.3) is 0 Å². The Kier molecular flexibility index (Phi) is 4.56. The van der Waals surface area contributed by atoms with Gasteiger partial charge in [0, 0.05) is 11.9 Å². The number of nitro benzene ring substituents is 1. The summed E-state index contributed by atoms with van der Waals surface area (Å²) in [7, 11) is 0. The molecule has 2 rings (SSSR count). The summed E-state index contributed by atoms with van der Waals surface area (Å²) in [5.41, 5.74) is -0.535. The molecule has 2 aromatic rings. The van der Waals surface area contributed by atoms with Crippen LogP contribution in [0.25, 0.3) is 0 Å². The zero-order valence-electron chi connectivity index (χ0n) is 10.9. The smallest absolute Gasteiger partial charge is 0.416 e. The van der Waals surface area contributed by atoms with Crippen molar-refractivity contribution in [2.45, 2.75) is 12.1 Å². The Bertz CT molecular complexity index is 687. The first kappa shape index (κ1) is 16.1. The molecule has 4 nitrogen and oxygen atoms in total. The van der Waals surface area contributed by atoms with Gasteiger partial charge in [-0.2, -0.15) is 13.2 Å². The van der Waals surface area contributed by atoms with Crippen LogP contribution in [-0.2, 0) is 12.1 Å². The van der Waals surface area contributed by atoms with Crippen LogP contribution < -0.4 is 4.74 Å². The van der Waals surface area contributed by atoms with E-state index in [1.165, 1.54) is 18.2 Å². The van der Waals surface area contributed by atoms with Crippen molar-refractivity contribution >= 4 is 17.3 Å². The van der Waals surface area contributed by atoms with Crippen molar-refractivity contribution in [3.63, 3.8) is 0 Å². The van der Waals surface area contributed by atoms with Gasteiger partial charge >= 0.3 is 11.9 Å². The fourth-order valence-electron chi connectivity index (χ4n) is 1.71. The number of halogens is 4. The van der Waals surface area contributed by atoms with Gasteiger partial charge in [0.05, 0.1) is 10.5 Å². The molecular formula is C14H9ClF3NO3. The minimum atomic E-state index is -4.46. The van der Waals surface area contributed by atoms with Crippen LogP contribution in [0.3, 0.4) is 0 Å². The lowest BCUT2D eigenvalue weighted by molar-refractivity contribution is -0.385. The molecule has 0 saturated heterocycles. The summed E-state index contributed by atoms with van der Waals surface area (Å²) in [6, 6.07) is 7.96. The number of benzene rings is 2. The third-order valence-corrected chi connectivity index (χ3v) is 3.09. The fourth-order valence-corrected chi connectivity index (χ4v) is 1.88. The molecule has 0 saturated carbocycles. The standard InChI is InChI=1S/C14H9ClF3NO3/c15-8-9-1-6-12(19(20)21)13(7-9)22-11-4-2-10(3-5-11)14(16,17)18/h1-7H,8H2. The van der Waals surface area contributed by atoms with Gasteiger partial charge in [-0.25, -0.2) is 0 Å². The molecule has 0 unspecified atom stereocenters. The minimum Gasteiger partial charge on any atom is -0.450 e. The van der Waals surface area contributed by atoms with E-state index >= 15 is 0 Å². The molecule has 0 aliphatic rings. The molecule has 0 N–H and O–H groups in total. The van der Waals surface area contributed by atoms with Gasteiger partial charge in [-0.1, -0.05) is 6.07 Å². The summed E-state index contributed by atoms with van der Waals surface area (Å²) in [4.78, 5) is 10.3. The Morgan fingerprint density at radius 1 is 1.14 bits per heavy atom. The lowest BCUT2D eigenvalue weighted by atomic mass is 10.2. The first-order valence-electron chi connectivity index (χ1n) is 5.99. The summed E-state index contributed by atoms with van der Waals surface area (Å²) >= 11 is 5.65. The highest BCUT2D eigenvalue weighted by Gasteiger charge is 2.30. The summed E-state index contributed by atoms with van der Waals surface area (Å²) in [6.07, 6.45) is -4.46. The van der Waals surface area contributed by atoms with Gasteiger partial charge in [0.2, 0.25) is 5.75 Å². The molecule has 0 radical (unpaired) electrons. The quantitative estimate of drug-likeness (QED) is 0.442. The van der Waals surface area contributed by atoms with Crippen LogP contribution in [0.15, 0.2) is 42.5 Å². The second kappa shape index (κ2) is 6.23. The SMILES string of the molecule is O=[N+]([O-])c1ccc(CCl)cc1Oc1ccc(C(F)(F)F)cc1. The number of nitrogens with zero attached hydrogens (tertiary/aromatic N) is 1. The molecule has 0 bridgehead atoms. The average molecular weight is 332 g/mol. The maximum Gasteiger partial charge on any atom is 0.416 e. The number of alkyl halides is 4. The van der Waals surface area contributed by atoms with E-state index in [1.54, 1.807) is 0 Å². The molecule has 0 heterocycles. The number of hydrogen-bond acceptors (Lipinski definition) is 3. The van der Waals surface area contributed by atoms with Crippen molar-refractivity contribution in [3.8, 4) is 11.5 Å². The van der Waals surface area contributed by atoms with Gasteiger partial charge in [0.1, 0.15) is 5.75 Å². The predicted octanol–water partition coefficient (Wildman–Crippen LogP) is 5.14. The predicted molar refractivity (Wildman–Crippen MR) is 74.2 cm³/mol. The summed E-state index contributed by atoms with van der Waals surface area (Å²) in [5.74, 6) is 0.104. The van der Waals surface area contributed by atoms with E-state index in [9.17, 15) is 23.3 Å². The second-order valence-corrected chi connectivity index (χ2v) is 4.58. The molecule has 2 aromatic carbocycles. The Labute approximate surface area is 128 Å². The van der Waals surface area contributed by atoms with Gasteiger partial charge < -0.3 is 4.74 Å². The third kappa shape index (κ3) is 3.67. The molecule has 0 amide bonds. The molecule has 8 heteroatoms. The van der Waals surface area contributed by atoms with E-state index in [-0.39, 0.29) is 23.1 Å². The topological polar surface area (TPSA) is 52.4 Å². The lowest BCUT2D eigenvalue weighted by Gasteiger charge is -2.10. The Hall–Kier alpha value is -2.28. The fraction of sp³-hybridized carbons (Fsp3) is 0.143. The van der Waals surface area contributed by atoms with E-state index in [1.807, 2.05) is 0 Å². The highest BCUT2D eigenvalue weighted by Crippen LogP contribution is 2.35. The lowest BCUT2D eigenvalue weighted by Crippen LogP contribution is -2.04. The highest BCUT2D eigenvalue weighted by molar-refractivity contribution is 6.17. The largest absolute Gasteiger partial charge is 0.450 e. The van der Waals surface area contributed by atoms with Crippen LogP contribution in [0.1, 0.15) is 11.1 Å². The Balaban J connectivity index is 2.32. The first-order chi connectivity index (χ1) is 10.3. The van der Waals surface area contributed by atoms with E-state index in [4.69, 9.17) is 16.3 Å². The van der Waals surface area contributed by atoms with Crippen molar-refractivity contribution in [1.29, 1.82) is 0 Å². The third-order valence-electron chi connectivity index (χ3n) is 2.78. The van der Waals surface area contributed by atoms with Crippen molar-refractivity contribution < 1.29 is 22.8 Å². The zero-order valence-corrected chi connectivity index (χ0v) is 11.7. The van der Waals surface area contributed by atoms with E-state index in [2.05, 4.69) is 0 Å². The number of rotatable bonds is 4. The molecule has 0 fully saturated rings. The molecule has 0 spiro atoms. The summed E-state index contributed by atoms with van der Waals surface area (Å²) in [6.45, 7) is 0. The Morgan fingerprint density at radius 3 is 2.27 bits per heavy atom. The molecule has 116 valence electrons. The minimum absolute atomic E-state index is 0.0582. The van der Waals surface area contributed by atoms with Crippen molar-refractivity contribution in [1.82, 2.24) is 0 Å². The van der Waals surface area contributed by atoms with Gasteiger partial charge in [-0.15, -0.1) is 11.6 Å². The molecular weight excluding hydrogens is 323 g/mol. The van der Waals surface area contributed by atoms with E-state index < -0.39 is 16.7 Å². The highest BCUT2D eigenvalue weighted by atomic mass is 35.5. The monoisotopic (exact) mass is 331 g/mol. The first-order valence-corrected chi connectivity index (χ1v) is 6.53. The molecule has 0 aliphatic heterocycles. The van der Waals surface area contributed by atoms with E-state index in [0.29, 0.717) is 5.56 Å². The summed E-state index contributed by atoms with van der Waals surface area (Å²) in [5, 5.41) is 10.9. The van der Waals surface area contributed by atoms with Crippen LogP contribution in [0, 0.1) is 10.1 Å². The second-order valence-electron chi connectivity index (χ2n) is 4.32. The molecule has 0 aromatic heterocycles. The van der Waals surface area contributed by atoms with Crippen LogP contribution >= 0.6 is 11.6 Å². The van der Waals surface area contributed by atoms with Crippen LogP contribution in [-0.4, -0.2) is 4.92 Å². The normalized spacial score (nSPS) is 11.3. The van der Waals surface area contributed by atoms with Crippen molar-refractivity contribution in [3.05, 3.63) is 63.7 Å². The number of nitro groups is 1. The Morgan fingerprint density at radius 2 is 1.77 bits per heavy atom. The van der Waals surface area contributed by atoms with Crippen LogP contribution in [0.5, 0.6) is 11.5 Å². The van der Waals surface area contributed by atoms with Gasteiger partial charge in [-0.05, 0) is 35.9 Å². The molecule has 22 heavy (non-hydrogen) atoms. The number of ether oxygens (including phenoxy) is 1. The van der Waals surface area contributed by atoms with Crippen LogP contribution in [0.4, 0.5) is 18.9 Å². The maximum absolute atomic E-state index is 12.5. The molecule has 0 atom stereocenters. The average Bonchev–Trinajstić information content (AvgIpc) is 2.46. The zero-order chi connectivity index (χ0) is 16.3. The van der Waals surface area contributed by atoms with Gasteiger partial charge in [0.15, 0.2) is 0 Å². The van der Waals surface area contributed by atoms with Crippen molar-refractivity contribution in [2.75, 3.05) is 0 Å². The van der Waals surface area contributed by atoms with E-state index in [0.717, 1.165) is 24.3 Å². The van der Waals surface area contributed by atoms with Gasteiger partial charge in [-0.3, -0.25) is 10.1 Å². The number of hydrogen-bond donors (Lipinski definition) is 0. The van der Waals surface area contributed by atoms with Crippen LogP contribution in [0.2, 0.25) is 0 Å². The maximum atomic E-state index is 12.5.